The fraction of sp³-hybridized carbons (Fsp3) is 0.480. The van der Waals surface area contributed by atoms with E-state index in [9.17, 15) is 9.59 Å². The molecule has 1 saturated carbocycles. The zero-order valence-electron chi connectivity index (χ0n) is 19.4. The average molecular weight is 507 g/mol. The summed E-state index contributed by atoms with van der Waals surface area (Å²) in [5, 5.41) is 6.50. The molecule has 1 aliphatic heterocycles. The van der Waals surface area contributed by atoms with Gasteiger partial charge < -0.3 is 11.1 Å². The molecule has 1 aromatic heterocycles. The number of anilines is 1. The summed E-state index contributed by atoms with van der Waals surface area (Å²) in [4.78, 5) is 28.2. The third kappa shape index (κ3) is 3.88. The van der Waals surface area contributed by atoms with Gasteiger partial charge in [-0.15, -0.1) is 0 Å². The Morgan fingerprint density at radius 2 is 1.88 bits per heavy atom. The van der Waals surface area contributed by atoms with Gasteiger partial charge in [0.2, 0.25) is 12.3 Å². The van der Waals surface area contributed by atoms with Crippen molar-refractivity contribution in [3.05, 3.63) is 57.6 Å². The summed E-state index contributed by atoms with van der Waals surface area (Å²) in [6, 6.07) is 5.94. The maximum atomic E-state index is 15.5. The van der Waals surface area contributed by atoms with E-state index in [0.717, 1.165) is 31.2 Å². The highest BCUT2D eigenvalue weighted by molar-refractivity contribution is 6.31. The second-order valence-corrected chi connectivity index (χ2v) is 11.2. The fourth-order valence-electron chi connectivity index (χ4n) is 6.15. The van der Waals surface area contributed by atoms with Crippen LogP contribution in [0, 0.1) is 11.2 Å². The smallest absolute Gasteiger partial charge is 0.235 e. The van der Waals surface area contributed by atoms with Gasteiger partial charge in [0.05, 0.1) is 6.04 Å². The highest BCUT2D eigenvalue weighted by Crippen LogP contribution is 2.61. The van der Waals surface area contributed by atoms with Crippen LogP contribution in [0.3, 0.4) is 0 Å². The highest BCUT2D eigenvalue weighted by atomic mass is 35.5. The predicted molar refractivity (Wildman–Crippen MR) is 132 cm³/mol. The lowest BCUT2D eigenvalue weighted by atomic mass is 9.53. The predicted octanol–water partition coefficient (Wildman–Crippen LogP) is 4.93. The topological polar surface area (TPSA) is 97.1 Å². The van der Waals surface area contributed by atoms with E-state index in [-0.39, 0.29) is 16.1 Å². The van der Waals surface area contributed by atoms with Gasteiger partial charge in [-0.2, -0.15) is 0 Å². The Labute approximate surface area is 208 Å². The zero-order valence-corrected chi connectivity index (χ0v) is 20.9. The van der Waals surface area contributed by atoms with Crippen LogP contribution in [0.1, 0.15) is 63.5 Å². The summed E-state index contributed by atoms with van der Waals surface area (Å²) in [7, 11) is 0. The van der Waals surface area contributed by atoms with E-state index >= 15 is 4.39 Å². The number of hydrogen-bond acceptors (Lipinski definition) is 4. The second kappa shape index (κ2) is 8.77. The number of benzene rings is 1. The Morgan fingerprint density at radius 1 is 1.21 bits per heavy atom. The molecule has 1 spiro atoms. The number of rotatable bonds is 5. The van der Waals surface area contributed by atoms with E-state index in [1.165, 1.54) is 6.20 Å². The van der Waals surface area contributed by atoms with E-state index in [1.807, 2.05) is 13.0 Å². The number of amides is 2. The molecule has 0 unspecified atom stereocenters. The van der Waals surface area contributed by atoms with E-state index in [0.29, 0.717) is 17.1 Å². The quantitative estimate of drug-likeness (QED) is 0.395. The molecule has 1 aliphatic carbocycles. The van der Waals surface area contributed by atoms with Crippen LogP contribution in [0.15, 0.2) is 30.5 Å². The van der Waals surface area contributed by atoms with Crippen LogP contribution in [0.4, 0.5) is 10.1 Å². The van der Waals surface area contributed by atoms with Crippen LogP contribution in [0.25, 0.3) is 0 Å². The van der Waals surface area contributed by atoms with Crippen molar-refractivity contribution in [2.45, 2.75) is 69.4 Å². The third-order valence-corrected chi connectivity index (χ3v) is 8.61. The molecule has 0 radical (unpaired) electrons. The molecular weight excluding hydrogens is 478 g/mol. The molecule has 6 nitrogen and oxygen atoms in total. The first kappa shape index (κ1) is 24.9. The van der Waals surface area contributed by atoms with Crippen molar-refractivity contribution in [2.24, 2.45) is 11.1 Å². The first-order valence-corrected chi connectivity index (χ1v) is 12.1. The van der Waals surface area contributed by atoms with Gasteiger partial charge in [-0.3, -0.25) is 14.9 Å². The van der Waals surface area contributed by atoms with E-state index in [4.69, 9.17) is 28.9 Å². The maximum Gasteiger partial charge on any atom is 0.235 e. The van der Waals surface area contributed by atoms with Crippen molar-refractivity contribution >= 4 is 41.2 Å². The molecule has 2 amide bonds. The standard InChI is InChI=1S/C25H29Cl2FN4O2/c1-23(2)7-9-25(10-8-23)24(3,16-5-4-14(26)12-17(16)31-13-33)18(20(32-25)22(29)34)15-6-11-30-21(27)19(15)28/h4-6,11-13,18,20,32H,7-10H2,1-3H3,(H2,29,34)(H,31,33)/t18-,20+,24+/m0/s1. The Bertz CT molecular complexity index is 1130. The number of halogens is 3. The van der Waals surface area contributed by atoms with Crippen molar-refractivity contribution in [2.75, 3.05) is 5.32 Å². The lowest BCUT2D eigenvalue weighted by Crippen LogP contribution is -2.58. The van der Waals surface area contributed by atoms with Crippen molar-refractivity contribution in [3.63, 3.8) is 0 Å². The van der Waals surface area contributed by atoms with Crippen molar-refractivity contribution in [1.29, 1.82) is 0 Å². The van der Waals surface area contributed by atoms with Crippen LogP contribution in [-0.2, 0) is 15.0 Å². The molecule has 4 rings (SSSR count). The van der Waals surface area contributed by atoms with Crippen LogP contribution >= 0.6 is 23.2 Å². The zero-order chi connectivity index (χ0) is 24.9. The van der Waals surface area contributed by atoms with Gasteiger partial charge in [0.1, 0.15) is 0 Å². The fourth-order valence-corrected chi connectivity index (χ4v) is 6.49. The van der Waals surface area contributed by atoms with Crippen molar-refractivity contribution < 1.29 is 14.0 Å². The molecule has 9 heteroatoms. The van der Waals surface area contributed by atoms with Gasteiger partial charge in [-0.1, -0.05) is 50.0 Å². The van der Waals surface area contributed by atoms with E-state index < -0.39 is 34.6 Å². The van der Waals surface area contributed by atoms with E-state index in [1.54, 1.807) is 18.2 Å². The lowest BCUT2D eigenvalue weighted by molar-refractivity contribution is -0.120. The first-order valence-electron chi connectivity index (χ1n) is 11.3. The Kier molecular flexibility index (Phi) is 6.42. The van der Waals surface area contributed by atoms with Gasteiger partial charge in [0.15, 0.2) is 11.0 Å². The minimum atomic E-state index is -0.862. The molecular formula is C25H29Cl2FN4O2. The van der Waals surface area contributed by atoms with Gasteiger partial charge in [0.25, 0.3) is 0 Å². The molecule has 4 N–H and O–H groups in total. The highest BCUT2D eigenvalue weighted by Gasteiger charge is 2.65. The Hall–Kier alpha value is -2.22. The SMILES string of the molecule is CC1(C)CCC2(CC1)N[C@@H](C(N)=O)[C@H](c1ccnc(Cl)c1F)[C@@]2(C)c1ccc(Cl)cc1NC=O. The number of nitrogens with two attached hydrogens (primary N) is 1. The Morgan fingerprint density at radius 3 is 2.50 bits per heavy atom. The van der Waals surface area contributed by atoms with Crippen LogP contribution in [0.2, 0.25) is 10.2 Å². The van der Waals surface area contributed by atoms with Gasteiger partial charge >= 0.3 is 0 Å². The minimum absolute atomic E-state index is 0.128. The van der Waals surface area contributed by atoms with Gasteiger partial charge in [0, 0.05) is 33.8 Å². The maximum absolute atomic E-state index is 15.5. The molecule has 1 aromatic carbocycles. The number of primary amides is 1. The number of carbonyl (C=O) groups excluding carboxylic acids is 2. The average Bonchev–Trinajstić information content (AvgIpc) is 3.02. The molecule has 2 aliphatic rings. The van der Waals surface area contributed by atoms with Gasteiger partial charge in [-0.05, 0) is 60.4 Å². The summed E-state index contributed by atoms with van der Waals surface area (Å²) in [6.45, 7) is 6.46. The summed E-state index contributed by atoms with van der Waals surface area (Å²) in [5.41, 5.74) is 6.10. The summed E-state index contributed by atoms with van der Waals surface area (Å²) in [6.07, 6.45) is 5.29. The largest absolute Gasteiger partial charge is 0.368 e. The summed E-state index contributed by atoms with van der Waals surface area (Å²) in [5.74, 6) is -1.97. The number of nitrogens with zero attached hydrogens (tertiary/aromatic N) is 1. The summed E-state index contributed by atoms with van der Waals surface area (Å²) < 4.78 is 15.5. The summed E-state index contributed by atoms with van der Waals surface area (Å²) >= 11 is 12.3. The molecule has 2 fully saturated rings. The van der Waals surface area contributed by atoms with Crippen LogP contribution in [-0.4, -0.2) is 28.9 Å². The lowest BCUT2D eigenvalue weighted by Gasteiger charge is -2.52. The Balaban J connectivity index is 2.03. The molecule has 1 saturated heterocycles. The number of nitrogens with one attached hydrogen (secondary N) is 2. The number of hydrogen-bond donors (Lipinski definition) is 3. The molecule has 2 aromatic rings. The number of pyridine rings is 1. The minimum Gasteiger partial charge on any atom is -0.368 e. The molecule has 34 heavy (non-hydrogen) atoms. The molecule has 182 valence electrons. The molecule has 3 atom stereocenters. The third-order valence-electron chi connectivity index (χ3n) is 8.11. The normalized spacial score (nSPS) is 27.5. The van der Waals surface area contributed by atoms with Crippen LogP contribution < -0.4 is 16.4 Å². The first-order chi connectivity index (χ1) is 16.0. The molecule has 0 bridgehead atoms. The monoisotopic (exact) mass is 506 g/mol. The van der Waals surface area contributed by atoms with Gasteiger partial charge in [-0.25, -0.2) is 9.37 Å². The van der Waals surface area contributed by atoms with Crippen molar-refractivity contribution in [1.82, 2.24) is 10.3 Å². The van der Waals surface area contributed by atoms with Crippen LogP contribution in [0.5, 0.6) is 0 Å². The van der Waals surface area contributed by atoms with E-state index in [2.05, 4.69) is 29.5 Å². The molecule has 2 heterocycles. The number of aromatic nitrogens is 1. The van der Waals surface area contributed by atoms with Crippen molar-refractivity contribution in [3.8, 4) is 0 Å². The number of carbonyl (C=O) groups is 2. The second-order valence-electron chi connectivity index (χ2n) is 10.4.